The average Bonchev–Trinajstić information content (AvgIpc) is 2.60. The average molecular weight is 326 g/mol. The highest BCUT2D eigenvalue weighted by molar-refractivity contribution is 5.90. The van der Waals surface area contributed by atoms with Crippen LogP contribution < -0.4 is 16.0 Å². The summed E-state index contributed by atoms with van der Waals surface area (Å²) in [5, 5.41) is 0. The first-order valence-electron chi connectivity index (χ1n) is 7.28. The Balaban J connectivity index is 1.75. The number of hydroxylamine groups is 1. The van der Waals surface area contributed by atoms with Gasteiger partial charge in [-0.25, -0.2) is 5.48 Å². The molecule has 2 aromatic carbocycles. The molecule has 0 aromatic heterocycles. The molecule has 2 amide bonds. The maximum Gasteiger partial charge on any atom is 0.267 e. The lowest BCUT2D eigenvalue weighted by atomic mass is 10.2. The highest BCUT2D eigenvalue weighted by Gasteiger charge is 1.99. The molecule has 0 aliphatic heterocycles. The van der Waals surface area contributed by atoms with Crippen LogP contribution in [0.5, 0.6) is 5.75 Å². The van der Waals surface area contributed by atoms with Crippen LogP contribution in [0.25, 0.3) is 6.08 Å². The van der Waals surface area contributed by atoms with Crippen LogP contribution in [0.3, 0.4) is 0 Å². The molecule has 3 N–H and O–H groups in total. The zero-order chi connectivity index (χ0) is 17.2. The fourth-order valence-corrected chi connectivity index (χ4v) is 1.80. The first-order valence-corrected chi connectivity index (χ1v) is 7.28. The standard InChI is InChI=1S/C18H18N2O4/c19-17(21)13-23-16-9-6-14(7-10-16)8-11-18(22)20-24-12-15-4-2-1-3-5-15/h1-11H,12-13H2,(H2,19,21)(H,20,22). The van der Waals surface area contributed by atoms with Crippen LogP contribution in [0.15, 0.2) is 60.7 Å². The van der Waals surface area contributed by atoms with Crippen LogP contribution in [-0.4, -0.2) is 18.4 Å². The summed E-state index contributed by atoms with van der Waals surface area (Å²) in [5.41, 5.74) is 9.11. The summed E-state index contributed by atoms with van der Waals surface area (Å²) < 4.78 is 5.15. The number of benzene rings is 2. The van der Waals surface area contributed by atoms with E-state index in [2.05, 4.69) is 5.48 Å². The van der Waals surface area contributed by atoms with E-state index in [4.69, 9.17) is 15.3 Å². The van der Waals surface area contributed by atoms with Crippen molar-refractivity contribution < 1.29 is 19.2 Å². The van der Waals surface area contributed by atoms with E-state index in [1.165, 1.54) is 6.08 Å². The topological polar surface area (TPSA) is 90.7 Å². The molecule has 0 atom stereocenters. The lowest BCUT2D eigenvalue weighted by molar-refractivity contribution is -0.129. The SMILES string of the molecule is NC(=O)COc1ccc(C=CC(=O)NOCc2ccccc2)cc1. The number of hydrogen-bond acceptors (Lipinski definition) is 4. The van der Waals surface area contributed by atoms with Gasteiger partial charge in [-0.15, -0.1) is 0 Å². The summed E-state index contributed by atoms with van der Waals surface area (Å²) in [6.07, 6.45) is 3.00. The minimum Gasteiger partial charge on any atom is -0.484 e. The summed E-state index contributed by atoms with van der Waals surface area (Å²) in [6, 6.07) is 16.4. The Kier molecular flexibility index (Phi) is 6.55. The van der Waals surface area contributed by atoms with E-state index >= 15 is 0 Å². The smallest absolute Gasteiger partial charge is 0.267 e. The number of carbonyl (C=O) groups is 2. The Morgan fingerprint density at radius 2 is 1.75 bits per heavy atom. The minimum absolute atomic E-state index is 0.170. The highest BCUT2D eigenvalue weighted by Crippen LogP contribution is 2.13. The van der Waals surface area contributed by atoms with Gasteiger partial charge in [-0.2, -0.15) is 0 Å². The number of nitrogens with one attached hydrogen (secondary N) is 1. The number of carbonyl (C=O) groups excluding carboxylic acids is 2. The molecule has 6 nitrogen and oxygen atoms in total. The van der Waals surface area contributed by atoms with Crippen LogP contribution in [0.4, 0.5) is 0 Å². The first-order chi connectivity index (χ1) is 11.6. The third kappa shape index (κ3) is 6.33. The molecule has 0 aliphatic rings. The Bertz CT molecular complexity index is 697. The van der Waals surface area contributed by atoms with E-state index in [0.29, 0.717) is 12.4 Å². The fraction of sp³-hybridized carbons (Fsp3) is 0.111. The van der Waals surface area contributed by atoms with Gasteiger partial charge < -0.3 is 10.5 Å². The molecule has 0 saturated heterocycles. The first kappa shape index (κ1) is 17.2. The van der Waals surface area contributed by atoms with E-state index in [1.807, 2.05) is 30.3 Å². The van der Waals surface area contributed by atoms with Gasteiger partial charge >= 0.3 is 0 Å². The number of rotatable bonds is 8. The lowest BCUT2D eigenvalue weighted by Crippen LogP contribution is -2.21. The zero-order valence-corrected chi connectivity index (χ0v) is 13.0. The molecule has 24 heavy (non-hydrogen) atoms. The molecule has 0 saturated carbocycles. The molecule has 0 aliphatic carbocycles. The summed E-state index contributed by atoms with van der Waals surface area (Å²) in [7, 11) is 0. The maximum absolute atomic E-state index is 11.7. The Morgan fingerprint density at radius 1 is 1.04 bits per heavy atom. The van der Waals surface area contributed by atoms with E-state index in [1.54, 1.807) is 30.3 Å². The molecule has 6 heteroatoms. The second kappa shape index (κ2) is 9.12. The number of hydrogen-bond donors (Lipinski definition) is 2. The summed E-state index contributed by atoms with van der Waals surface area (Å²) in [4.78, 5) is 27.4. The van der Waals surface area contributed by atoms with E-state index in [-0.39, 0.29) is 12.5 Å². The van der Waals surface area contributed by atoms with Crippen molar-refractivity contribution >= 4 is 17.9 Å². The molecule has 0 spiro atoms. The van der Waals surface area contributed by atoms with Crippen molar-refractivity contribution in [2.24, 2.45) is 5.73 Å². The Hall–Kier alpha value is -3.12. The summed E-state index contributed by atoms with van der Waals surface area (Å²) >= 11 is 0. The van der Waals surface area contributed by atoms with Gasteiger partial charge in [0, 0.05) is 6.08 Å². The maximum atomic E-state index is 11.7. The minimum atomic E-state index is -0.536. The lowest BCUT2D eigenvalue weighted by Gasteiger charge is -2.04. The predicted octanol–water partition coefficient (Wildman–Crippen LogP) is 1.81. The summed E-state index contributed by atoms with van der Waals surface area (Å²) in [6.45, 7) is 0.128. The molecule has 0 radical (unpaired) electrons. The molecular weight excluding hydrogens is 308 g/mol. The fourth-order valence-electron chi connectivity index (χ4n) is 1.80. The molecule has 0 fully saturated rings. The van der Waals surface area contributed by atoms with Crippen molar-refractivity contribution in [3.05, 3.63) is 71.8 Å². The largest absolute Gasteiger partial charge is 0.484 e. The molecule has 124 valence electrons. The van der Waals surface area contributed by atoms with E-state index < -0.39 is 5.91 Å². The van der Waals surface area contributed by atoms with Gasteiger partial charge in [-0.3, -0.25) is 14.4 Å². The monoisotopic (exact) mass is 326 g/mol. The van der Waals surface area contributed by atoms with Crippen molar-refractivity contribution in [2.45, 2.75) is 6.61 Å². The molecule has 2 aromatic rings. The van der Waals surface area contributed by atoms with Crippen LogP contribution in [0.1, 0.15) is 11.1 Å². The van der Waals surface area contributed by atoms with Gasteiger partial charge in [0.05, 0.1) is 6.61 Å². The molecule has 2 rings (SSSR count). The Morgan fingerprint density at radius 3 is 2.42 bits per heavy atom. The van der Waals surface area contributed by atoms with Gasteiger partial charge in [-0.05, 0) is 29.3 Å². The van der Waals surface area contributed by atoms with Crippen LogP contribution in [0.2, 0.25) is 0 Å². The second-order valence-corrected chi connectivity index (χ2v) is 4.90. The predicted molar refractivity (Wildman–Crippen MR) is 89.5 cm³/mol. The molecular formula is C18H18N2O4. The van der Waals surface area contributed by atoms with Crippen molar-refractivity contribution in [2.75, 3.05) is 6.61 Å². The van der Waals surface area contributed by atoms with Gasteiger partial charge in [0.25, 0.3) is 11.8 Å². The second-order valence-electron chi connectivity index (χ2n) is 4.90. The number of ether oxygens (including phenoxy) is 1. The van der Waals surface area contributed by atoms with Crippen LogP contribution in [0, 0.1) is 0 Å². The molecule has 0 heterocycles. The number of amides is 2. The Labute approximate surface area is 139 Å². The van der Waals surface area contributed by atoms with E-state index in [0.717, 1.165) is 11.1 Å². The van der Waals surface area contributed by atoms with Crippen molar-refractivity contribution in [1.82, 2.24) is 5.48 Å². The van der Waals surface area contributed by atoms with Crippen LogP contribution >= 0.6 is 0 Å². The van der Waals surface area contributed by atoms with Gasteiger partial charge in [0.15, 0.2) is 6.61 Å². The van der Waals surface area contributed by atoms with Crippen molar-refractivity contribution in [3.8, 4) is 5.75 Å². The highest BCUT2D eigenvalue weighted by atomic mass is 16.6. The van der Waals surface area contributed by atoms with Crippen molar-refractivity contribution in [1.29, 1.82) is 0 Å². The molecule has 0 bridgehead atoms. The third-order valence-corrected chi connectivity index (χ3v) is 2.94. The van der Waals surface area contributed by atoms with E-state index in [9.17, 15) is 9.59 Å². The van der Waals surface area contributed by atoms with Gasteiger partial charge in [0.1, 0.15) is 5.75 Å². The third-order valence-electron chi connectivity index (χ3n) is 2.94. The van der Waals surface area contributed by atoms with Gasteiger partial charge in [0.2, 0.25) is 0 Å². The normalized spacial score (nSPS) is 10.5. The van der Waals surface area contributed by atoms with Crippen LogP contribution in [-0.2, 0) is 21.0 Å². The van der Waals surface area contributed by atoms with Gasteiger partial charge in [-0.1, -0.05) is 42.5 Å². The molecule has 0 unspecified atom stereocenters. The van der Waals surface area contributed by atoms with Crippen molar-refractivity contribution in [3.63, 3.8) is 0 Å². The zero-order valence-electron chi connectivity index (χ0n) is 13.0. The number of nitrogens with two attached hydrogens (primary N) is 1. The summed E-state index contributed by atoms with van der Waals surface area (Å²) in [5.74, 6) is -0.368. The number of primary amides is 1. The quantitative estimate of drug-likeness (QED) is 0.572.